The maximum Gasteiger partial charge on any atom is 0.278 e. The van der Waals surface area contributed by atoms with Crippen LogP contribution in [0, 0.1) is 5.82 Å². The van der Waals surface area contributed by atoms with E-state index in [0.29, 0.717) is 0 Å². The van der Waals surface area contributed by atoms with Gasteiger partial charge in [-0.15, -0.1) is 0 Å². The Morgan fingerprint density at radius 1 is 1.16 bits per heavy atom. The molecule has 1 aromatic carbocycles. The van der Waals surface area contributed by atoms with Crippen molar-refractivity contribution in [3.63, 3.8) is 0 Å². The lowest BCUT2D eigenvalue weighted by atomic mass is 9.76. The fraction of sp³-hybridized carbons (Fsp3) is 0.462. The molecule has 0 aliphatic carbocycles. The van der Waals surface area contributed by atoms with Gasteiger partial charge in [-0.25, -0.2) is 17.6 Å². The summed E-state index contributed by atoms with van der Waals surface area (Å²) < 4.78 is 55.8. The fourth-order valence-electron chi connectivity index (χ4n) is 2.25. The molecule has 0 radical (unpaired) electrons. The number of amides is 1. The summed E-state index contributed by atoms with van der Waals surface area (Å²) in [4.78, 5) is 11.6. The van der Waals surface area contributed by atoms with Gasteiger partial charge in [-0.05, 0) is 19.9 Å². The maximum atomic E-state index is 14.2. The van der Waals surface area contributed by atoms with Crippen LogP contribution in [0.5, 0.6) is 0 Å². The first-order valence-electron chi connectivity index (χ1n) is 5.74. The third-order valence-corrected chi connectivity index (χ3v) is 3.54. The van der Waals surface area contributed by atoms with Crippen molar-refractivity contribution in [1.29, 1.82) is 0 Å². The Labute approximate surface area is 107 Å². The largest absolute Gasteiger partial charge is 0.338 e. The zero-order chi connectivity index (χ0) is 14.5. The normalized spacial score (nSPS) is 33.9. The quantitative estimate of drug-likeness (QED) is 0.784. The van der Waals surface area contributed by atoms with E-state index in [1.54, 1.807) is 0 Å². The summed E-state index contributed by atoms with van der Waals surface area (Å²) in [6.07, 6.45) is -1.28. The van der Waals surface area contributed by atoms with Crippen LogP contribution in [0.3, 0.4) is 0 Å². The average Bonchev–Trinajstić information content (AvgIpc) is 2.26. The molecule has 19 heavy (non-hydrogen) atoms. The zero-order valence-corrected chi connectivity index (χ0v) is 10.4. The standard InChI is InChI=1S/C13H13F4NO/c1-11(15)7-13(16,17)12(2,18-10(11)19)8-5-3-4-6-9(8)14/h3-6H,7H2,1-2H3,(H,18,19)/t11-,12-/m1/s1. The van der Waals surface area contributed by atoms with Crippen LogP contribution >= 0.6 is 0 Å². The van der Waals surface area contributed by atoms with E-state index in [2.05, 4.69) is 0 Å². The first kappa shape index (κ1) is 13.8. The van der Waals surface area contributed by atoms with Crippen LogP contribution in [-0.4, -0.2) is 17.5 Å². The van der Waals surface area contributed by atoms with E-state index in [9.17, 15) is 22.4 Å². The Morgan fingerprint density at radius 2 is 1.74 bits per heavy atom. The number of rotatable bonds is 1. The molecular formula is C13H13F4NO. The number of hydrogen-bond acceptors (Lipinski definition) is 1. The predicted octanol–water partition coefficient (Wildman–Crippen LogP) is 2.92. The second kappa shape index (κ2) is 3.95. The molecule has 104 valence electrons. The molecule has 0 aromatic heterocycles. The van der Waals surface area contributed by atoms with E-state index >= 15 is 0 Å². The highest BCUT2D eigenvalue weighted by molar-refractivity contribution is 5.87. The van der Waals surface area contributed by atoms with Crippen LogP contribution < -0.4 is 5.32 Å². The van der Waals surface area contributed by atoms with Crippen LogP contribution in [0.15, 0.2) is 24.3 Å². The van der Waals surface area contributed by atoms with Gasteiger partial charge in [0.2, 0.25) is 0 Å². The predicted molar refractivity (Wildman–Crippen MR) is 61.0 cm³/mol. The summed E-state index contributed by atoms with van der Waals surface area (Å²) in [6, 6.07) is 4.91. The molecule has 0 bridgehead atoms. The highest BCUT2D eigenvalue weighted by Gasteiger charge is 2.63. The molecule has 2 atom stereocenters. The molecule has 1 amide bonds. The molecule has 0 saturated carbocycles. The van der Waals surface area contributed by atoms with Crippen molar-refractivity contribution < 1.29 is 22.4 Å². The number of piperidine rings is 1. The maximum absolute atomic E-state index is 14.2. The Morgan fingerprint density at radius 3 is 2.32 bits per heavy atom. The molecule has 0 spiro atoms. The van der Waals surface area contributed by atoms with Gasteiger partial charge in [-0.2, -0.15) is 0 Å². The second-order valence-electron chi connectivity index (χ2n) is 5.14. The van der Waals surface area contributed by atoms with Crippen molar-refractivity contribution in [3.8, 4) is 0 Å². The van der Waals surface area contributed by atoms with Crippen molar-refractivity contribution in [1.82, 2.24) is 5.32 Å². The molecule has 0 unspecified atom stereocenters. The summed E-state index contributed by atoms with van der Waals surface area (Å²) in [5.74, 6) is -5.64. The van der Waals surface area contributed by atoms with Crippen molar-refractivity contribution in [2.24, 2.45) is 0 Å². The lowest BCUT2D eigenvalue weighted by Crippen LogP contribution is -2.66. The molecule has 1 aliphatic rings. The first-order valence-corrected chi connectivity index (χ1v) is 5.74. The van der Waals surface area contributed by atoms with E-state index in [0.717, 1.165) is 26.0 Å². The molecule has 1 saturated heterocycles. The Hall–Kier alpha value is -1.59. The molecule has 1 N–H and O–H groups in total. The topological polar surface area (TPSA) is 29.1 Å². The van der Waals surface area contributed by atoms with Gasteiger partial charge in [0, 0.05) is 5.56 Å². The van der Waals surface area contributed by atoms with Gasteiger partial charge in [-0.1, -0.05) is 18.2 Å². The van der Waals surface area contributed by atoms with Gasteiger partial charge in [0.15, 0.2) is 5.67 Å². The van der Waals surface area contributed by atoms with Gasteiger partial charge in [0.05, 0.1) is 6.42 Å². The van der Waals surface area contributed by atoms with Gasteiger partial charge in [0.1, 0.15) is 11.4 Å². The first-order chi connectivity index (χ1) is 8.60. The molecule has 1 fully saturated rings. The highest BCUT2D eigenvalue weighted by atomic mass is 19.3. The van der Waals surface area contributed by atoms with E-state index < -0.39 is 35.3 Å². The molecule has 2 nitrogen and oxygen atoms in total. The van der Waals surface area contributed by atoms with Crippen molar-refractivity contribution in [2.75, 3.05) is 0 Å². The van der Waals surface area contributed by atoms with Gasteiger partial charge < -0.3 is 5.32 Å². The van der Waals surface area contributed by atoms with Crippen LogP contribution in [0.2, 0.25) is 0 Å². The van der Waals surface area contributed by atoms with Crippen molar-refractivity contribution in [3.05, 3.63) is 35.6 Å². The third-order valence-electron chi connectivity index (χ3n) is 3.54. The number of halogens is 4. The van der Waals surface area contributed by atoms with Crippen LogP contribution in [0.4, 0.5) is 17.6 Å². The van der Waals surface area contributed by atoms with Gasteiger partial charge in [0.25, 0.3) is 11.8 Å². The monoisotopic (exact) mass is 275 g/mol. The summed E-state index contributed by atoms with van der Waals surface area (Å²) in [7, 11) is 0. The molecular weight excluding hydrogens is 262 g/mol. The van der Waals surface area contributed by atoms with Gasteiger partial charge in [-0.3, -0.25) is 4.79 Å². The zero-order valence-electron chi connectivity index (χ0n) is 10.4. The molecule has 1 aliphatic heterocycles. The average molecular weight is 275 g/mol. The van der Waals surface area contributed by atoms with E-state index in [-0.39, 0.29) is 5.56 Å². The minimum absolute atomic E-state index is 0.358. The molecule has 6 heteroatoms. The summed E-state index contributed by atoms with van der Waals surface area (Å²) in [5.41, 5.74) is -5.29. The van der Waals surface area contributed by atoms with Crippen molar-refractivity contribution in [2.45, 2.75) is 37.4 Å². The number of benzene rings is 1. The van der Waals surface area contributed by atoms with Gasteiger partial charge >= 0.3 is 0 Å². The fourth-order valence-corrected chi connectivity index (χ4v) is 2.25. The number of alkyl halides is 3. The molecule has 1 aromatic rings. The van der Waals surface area contributed by atoms with Crippen LogP contribution in [-0.2, 0) is 10.3 Å². The van der Waals surface area contributed by atoms with Crippen LogP contribution in [0.1, 0.15) is 25.8 Å². The minimum atomic E-state index is -3.60. The Kier molecular flexibility index (Phi) is 2.88. The number of hydrogen-bond donors (Lipinski definition) is 1. The third kappa shape index (κ3) is 1.99. The highest BCUT2D eigenvalue weighted by Crippen LogP contribution is 2.47. The SMILES string of the molecule is C[C@@]1(F)CC(F)(F)[C@@](C)(c2ccccc2F)NC1=O. The van der Waals surface area contributed by atoms with E-state index in [1.807, 2.05) is 5.32 Å². The number of nitrogens with one attached hydrogen (secondary N) is 1. The number of carbonyl (C=O) groups is 1. The van der Waals surface area contributed by atoms with Crippen molar-refractivity contribution >= 4 is 5.91 Å². The Bertz CT molecular complexity index is 529. The molecule has 2 rings (SSSR count). The van der Waals surface area contributed by atoms with Crippen LogP contribution in [0.25, 0.3) is 0 Å². The lowest BCUT2D eigenvalue weighted by Gasteiger charge is -2.45. The number of carbonyl (C=O) groups excluding carboxylic acids is 1. The smallest absolute Gasteiger partial charge is 0.278 e. The summed E-state index contributed by atoms with van der Waals surface area (Å²) >= 11 is 0. The summed E-state index contributed by atoms with van der Waals surface area (Å²) in [6.45, 7) is 1.79. The molecule has 1 heterocycles. The Balaban J connectivity index is 2.54. The van der Waals surface area contributed by atoms with E-state index in [4.69, 9.17) is 0 Å². The second-order valence-corrected chi connectivity index (χ2v) is 5.14. The minimum Gasteiger partial charge on any atom is -0.338 e. The van der Waals surface area contributed by atoms with E-state index in [1.165, 1.54) is 12.1 Å². The summed E-state index contributed by atoms with van der Waals surface area (Å²) in [5, 5.41) is 1.93. The lowest BCUT2D eigenvalue weighted by molar-refractivity contribution is -0.175.